The molecule has 2 aliphatic rings. The summed E-state index contributed by atoms with van der Waals surface area (Å²) < 4.78 is 16.2. The molecule has 32 heavy (non-hydrogen) atoms. The molecule has 0 radical (unpaired) electrons. The van der Waals surface area contributed by atoms with Crippen LogP contribution in [0, 0.1) is 0 Å². The number of carbonyl (C=O) groups excluding carboxylic acids is 3. The van der Waals surface area contributed by atoms with Crippen molar-refractivity contribution in [1.29, 1.82) is 0 Å². The number of amides is 2. The van der Waals surface area contributed by atoms with E-state index in [2.05, 4.69) is 0 Å². The Kier molecular flexibility index (Phi) is 5.40. The monoisotopic (exact) mass is 452 g/mol. The molecule has 0 spiro atoms. The van der Waals surface area contributed by atoms with Crippen molar-refractivity contribution in [3.63, 3.8) is 0 Å². The van der Waals surface area contributed by atoms with Crippen molar-refractivity contribution < 1.29 is 28.3 Å². The number of carbonyl (C=O) groups is 3. The number of furan rings is 1. The maximum absolute atomic E-state index is 12.5. The minimum atomic E-state index is -0.526. The first-order valence-corrected chi connectivity index (χ1v) is 11.0. The van der Waals surface area contributed by atoms with E-state index in [1.165, 1.54) is 17.6 Å². The lowest BCUT2D eigenvalue weighted by Crippen LogP contribution is -2.51. The Balaban J connectivity index is 1.15. The number of rotatable bonds is 4. The van der Waals surface area contributed by atoms with Gasteiger partial charge < -0.3 is 23.7 Å². The molecule has 8 nitrogen and oxygen atoms in total. The summed E-state index contributed by atoms with van der Waals surface area (Å²) in [5.74, 6) is 0.0769. The van der Waals surface area contributed by atoms with Gasteiger partial charge in [-0.2, -0.15) is 0 Å². The highest BCUT2D eigenvalue weighted by molar-refractivity contribution is 7.17. The van der Waals surface area contributed by atoms with Gasteiger partial charge >= 0.3 is 5.97 Å². The van der Waals surface area contributed by atoms with Crippen LogP contribution in [0.4, 0.5) is 0 Å². The molecule has 2 aromatic heterocycles. The van der Waals surface area contributed by atoms with Crippen LogP contribution in [0.3, 0.4) is 0 Å². The third-order valence-electron chi connectivity index (χ3n) is 5.50. The molecule has 1 saturated heterocycles. The summed E-state index contributed by atoms with van der Waals surface area (Å²) in [7, 11) is 0. The molecule has 1 aromatic carbocycles. The predicted molar refractivity (Wildman–Crippen MR) is 116 cm³/mol. The molecule has 0 N–H and O–H groups in total. The van der Waals surface area contributed by atoms with E-state index in [0.29, 0.717) is 37.7 Å². The van der Waals surface area contributed by atoms with E-state index in [1.54, 1.807) is 28.0 Å². The molecule has 164 valence electrons. The number of ether oxygens (including phenoxy) is 2. The Hall–Kier alpha value is -3.59. The lowest BCUT2D eigenvalue weighted by molar-refractivity contribution is -0.136. The molecule has 9 heteroatoms. The molecule has 0 saturated carbocycles. The number of piperazine rings is 1. The number of thiophene rings is 1. The second kappa shape index (κ2) is 8.51. The molecular weight excluding hydrogens is 432 g/mol. The largest absolute Gasteiger partial charge is 0.488 e. The summed E-state index contributed by atoms with van der Waals surface area (Å²) in [6.45, 7) is 1.62. The van der Waals surface area contributed by atoms with Crippen molar-refractivity contribution in [2.75, 3.05) is 32.8 Å². The average molecular weight is 452 g/mol. The van der Waals surface area contributed by atoms with E-state index >= 15 is 0 Å². The first kappa shape index (κ1) is 20.3. The van der Waals surface area contributed by atoms with Gasteiger partial charge in [0.2, 0.25) is 0 Å². The minimum absolute atomic E-state index is 0.194. The standard InChI is InChI=1S/C23H20N2O6S/c26-20(24-7-9-25(10-8-24)22(27)18-6-3-11-29-18)14-31-23(28)19-12-15-13-30-17-5-2-1-4-16(17)21(15)32-19/h1-6,11-12H,7-10,13-14H2. The number of fused-ring (bicyclic) bond motifs is 3. The SMILES string of the molecule is O=C(OCC(=O)N1CCN(C(=O)c2ccco2)CC1)c1cc2c(s1)-c1ccccc1OC2. The molecule has 0 aliphatic carbocycles. The van der Waals surface area contributed by atoms with Crippen LogP contribution in [0.5, 0.6) is 5.75 Å². The minimum Gasteiger partial charge on any atom is -0.488 e. The summed E-state index contributed by atoms with van der Waals surface area (Å²) in [6.07, 6.45) is 1.46. The molecule has 2 amide bonds. The fraction of sp³-hybridized carbons (Fsp3) is 0.261. The summed E-state index contributed by atoms with van der Waals surface area (Å²) in [4.78, 5) is 42.0. The van der Waals surface area contributed by atoms with Gasteiger partial charge in [-0.3, -0.25) is 9.59 Å². The van der Waals surface area contributed by atoms with E-state index < -0.39 is 5.97 Å². The van der Waals surface area contributed by atoms with Crippen LogP contribution in [0.25, 0.3) is 10.4 Å². The van der Waals surface area contributed by atoms with Gasteiger partial charge in [0.15, 0.2) is 12.4 Å². The molecular formula is C23H20N2O6S. The molecule has 4 heterocycles. The number of esters is 1. The first-order chi connectivity index (χ1) is 15.6. The number of hydrogen-bond donors (Lipinski definition) is 0. The maximum Gasteiger partial charge on any atom is 0.348 e. The molecule has 2 aliphatic heterocycles. The summed E-state index contributed by atoms with van der Waals surface area (Å²) in [5, 5.41) is 0. The third kappa shape index (κ3) is 3.87. The zero-order valence-electron chi connectivity index (χ0n) is 17.1. The van der Waals surface area contributed by atoms with Crippen molar-refractivity contribution in [3.8, 4) is 16.2 Å². The van der Waals surface area contributed by atoms with Gasteiger partial charge in [-0.15, -0.1) is 11.3 Å². The molecule has 3 aromatic rings. The third-order valence-corrected chi connectivity index (χ3v) is 6.69. The number of para-hydroxylation sites is 1. The van der Waals surface area contributed by atoms with Crippen molar-refractivity contribution in [3.05, 3.63) is 64.9 Å². The van der Waals surface area contributed by atoms with Crippen LogP contribution in [-0.4, -0.2) is 60.4 Å². The Morgan fingerprint density at radius 2 is 1.78 bits per heavy atom. The Labute approximate surface area is 187 Å². The van der Waals surface area contributed by atoms with E-state index in [-0.39, 0.29) is 24.2 Å². The van der Waals surface area contributed by atoms with Crippen LogP contribution in [-0.2, 0) is 16.1 Å². The van der Waals surface area contributed by atoms with Crippen molar-refractivity contribution in [2.45, 2.75) is 6.61 Å². The molecule has 5 rings (SSSR count). The van der Waals surface area contributed by atoms with Gasteiger partial charge in [-0.1, -0.05) is 12.1 Å². The number of benzene rings is 1. The summed E-state index contributed by atoms with van der Waals surface area (Å²) >= 11 is 1.34. The summed E-state index contributed by atoms with van der Waals surface area (Å²) in [6, 6.07) is 12.7. The van der Waals surface area contributed by atoms with Gasteiger partial charge in [0.05, 0.1) is 6.26 Å². The van der Waals surface area contributed by atoms with E-state index in [4.69, 9.17) is 13.9 Å². The van der Waals surface area contributed by atoms with Crippen LogP contribution >= 0.6 is 11.3 Å². The highest BCUT2D eigenvalue weighted by atomic mass is 32.1. The Morgan fingerprint density at radius 3 is 2.56 bits per heavy atom. The van der Waals surface area contributed by atoms with Crippen molar-refractivity contribution in [2.24, 2.45) is 0 Å². The van der Waals surface area contributed by atoms with E-state index in [9.17, 15) is 14.4 Å². The first-order valence-electron chi connectivity index (χ1n) is 10.2. The van der Waals surface area contributed by atoms with Crippen LogP contribution < -0.4 is 4.74 Å². The quantitative estimate of drug-likeness (QED) is 0.566. The van der Waals surface area contributed by atoms with Gasteiger partial charge in [-0.05, 0) is 30.3 Å². The smallest absolute Gasteiger partial charge is 0.348 e. The van der Waals surface area contributed by atoms with Gasteiger partial charge in [-0.25, -0.2) is 4.79 Å². The van der Waals surface area contributed by atoms with Crippen LogP contribution in [0.2, 0.25) is 0 Å². The molecule has 0 unspecified atom stereocenters. The fourth-order valence-corrected chi connectivity index (χ4v) is 4.90. The lowest BCUT2D eigenvalue weighted by Gasteiger charge is -2.34. The second-order valence-corrected chi connectivity index (χ2v) is 8.53. The number of nitrogens with zero attached hydrogens (tertiary/aromatic N) is 2. The summed E-state index contributed by atoms with van der Waals surface area (Å²) in [5.41, 5.74) is 1.89. The van der Waals surface area contributed by atoms with E-state index in [1.807, 2.05) is 24.3 Å². The second-order valence-electron chi connectivity index (χ2n) is 7.48. The molecule has 1 fully saturated rings. The topological polar surface area (TPSA) is 89.3 Å². The fourth-order valence-electron chi connectivity index (χ4n) is 3.80. The van der Waals surface area contributed by atoms with Gasteiger partial charge in [0.1, 0.15) is 17.2 Å². The predicted octanol–water partition coefficient (Wildman–Crippen LogP) is 3.04. The van der Waals surface area contributed by atoms with Crippen LogP contribution in [0.15, 0.2) is 53.1 Å². The molecule has 0 bridgehead atoms. The Morgan fingerprint density at radius 1 is 1.00 bits per heavy atom. The highest BCUT2D eigenvalue weighted by Gasteiger charge is 2.27. The normalized spacial score (nSPS) is 14.9. The maximum atomic E-state index is 12.5. The zero-order valence-corrected chi connectivity index (χ0v) is 17.9. The highest BCUT2D eigenvalue weighted by Crippen LogP contribution is 2.42. The average Bonchev–Trinajstić information content (AvgIpc) is 3.52. The zero-order chi connectivity index (χ0) is 22.1. The Bertz CT molecular complexity index is 1160. The van der Waals surface area contributed by atoms with Gasteiger partial charge in [0, 0.05) is 42.2 Å². The number of hydrogen-bond acceptors (Lipinski definition) is 7. The van der Waals surface area contributed by atoms with Crippen molar-refractivity contribution in [1.82, 2.24) is 9.80 Å². The van der Waals surface area contributed by atoms with Crippen molar-refractivity contribution >= 4 is 29.1 Å². The van der Waals surface area contributed by atoms with Crippen LogP contribution in [0.1, 0.15) is 25.8 Å². The van der Waals surface area contributed by atoms with E-state index in [0.717, 1.165) is 21.8 Å². The lowest BCUT2D eigenvalue weighted by atomic mass is 10.1. The molecule has 0 atom stereocenters. The van der Waals surface area contributed by atoms with Gasteiger partial charge in [0.25, 0.3) is 11.8 Å².